The fourth-order valence-electron chi connectivity index (χ4n) is 7.61. The van der Waals surface area contributed by atoms with E-state index in [0.29, 0.717) is 5.75 Å². The summed E-state index contributed by atoms with van der Waals surface area (Å²) in [5.41, 5.74) is 8.01. The minimum absolute atomic E-state index is 0.273. The van der Waals surface area contributed by atoms with Gasteiger partial charge in [0.1, 0.15) is 17.2 Å². The molecule has 0 saturated carbocycles. The molecular weight excluding hydrogens is 578 g/mol. The van der Waals surface area contributed by atoms with Crippen molar-refractivity contribution in [2.75, 3.05) is 32.2 Å². The van der Waals surface area contributed by atoms with E-state index in [9.17, 15) is 5.11 Å². The van der Waals surface area contributed by atoms with E-state index in [1.165, 1.54) is 99.3 Å². The van der Waals surface area contributed by atoms with Crippen molar-refractivity contribution >= 4 is 16.5 Å². The Morgan fingerprint density at radius 3 is 1.87 bits per heavy atom. The van der Waals surface area contributed by atoms with E-state index in [-0.39, 0.29) is 5.41 Å². The predicted octanol–water partition coefficient (Wildman–Crippen LogP) is 12.1. The second-order valence-corrected chi connectivity index (χ2v) is 14.0. The largest absolute Gasteiger partial charge is 0.507 e. The summed E-state index contributed by atoms with van der Waals surface area (Å²) in [7, 11) is 3.50. The Morgan fingerprint density at radius 1 is 0.617 bits per heavy atom. The van der Waals surface area contributed by atoms with E-state index in [0.717, 1.165) is 52.2 Å². The van der Waals surface area contributed by atoms with Gasteiger partial charge in [0.25, 0.3) is 0 Å². The maximum absolute atomic E-state index is 11.5. The fraction of sp³-hybridized carbons (Fsp3) is 0.488. The van der Waals surface area contributed by atoms with E-state index < -0.39 is 0 Å². The normalized spacial score (nSPS) is 13.1. The van der Waals surface area contributed by atoms with Crippen molar-refractivity contribution in [1.82, 2.24) is 0 Å². The molecule has 0 radical (unpaired) electrons. The number of fused-ring (bicyclic) bond motifs is 5. The molecule has 252 valence electrons. The van der Waals surface area contributed by atoms with E-state index in [1.54, 1.807) is 14.2 Å². The summed E-state index contributed by atoms with van der Waals surface area (Å²) in [5, 5.41) is 13.4. The van der Waals surface area contributed by atoms with E-state index >= 15 is 0 Å². The summed E-state index contributed by atoms with van der Waals surface area (Å²) in [5.74, 6) is 2.03. The zero-order valence-electron chi connectivity index (χ0n) is 29.9. The molecule has 0 aromatic heterocycles. The second kappa shape index (κ2) is 16.0. The summed E-state index contributed by atoms with van der Waals surface area (Å²) < 4.78 is 11.8. The first-order valence-corrected chi connectivity index (χ1v) is 18.3. The molecule has 0 heterocycles. The Labute approximate surface area is 284 Å². The van der Waals surface area contributed by atoms with E-state index in [4.69, 9.17) is 9.47 Å². The van der Waals surface area contributed by atoms with E-state index in [1.807, 2.05) is 18.2 Å². The number of ether oxygens (including phenoxy) is 2. The zero-order chi connectivity index (χ0) is 33.4. The van der Waals surface area contributed by atoms with Gasteiger partial charge in [-0.15, -0.1) is 0 Å². The SMILES string of the molecule is CCCCCCCCN(CCCCCCCC)c1cc2c3c(cc(O)c2cc1OC)C(C)(C)c1cc(-c2ccccc2OC)ccc1-3. The first-order valence-electron chi connectivity index (χ1n) is 18.3. The van der Waals surface area contributed by atoms with Gasteiger partial charge in [-0.1, -0.05) is 122 Å². The number of nitrogens with zero attached hydrogens (tertiary/aromatic N) is 1. The number of unbranched alkanes of at least 4 members (excludes halogenated alkanes) is 10. The topological polar surface area (TPSA) is 41.9 Å². The maximum Gasteiger partial charge on any atom is 0.142 e. The van der Waals surface area contributed by atoms with Crippen LogP contribution in [0.4, 0.5) is 5.69 Å². The van der Waals surface area contributed by atoms with Crippen molar-refractivity contribution < 1.29 is 14.6 Å². The molecular formula is C43H57NO3. The predicted molar refractivity (Wildman–Crippen MR) is 201 cm³/mol. The Morgan fingerprint density at radius 2 is 1.23 bits per heavy atom. The zero-order valence-corrected chi connectivity index (χ0v) is 29.9. The molecule has 0 spiro atoms. The van der Waals surface area contributed by atoms with Crippen molar-refractivity contribution in [3.05, 3.63) is 71.8 Å². The molecule has 4 heteroatoms. The molecule has 1 aliphatic carbocycles. The van der Waals surface area contributed by atoms with Crippen molar-refractivity contribution in [2.24, 2.45) is 0 Å². The van der Waals surface area contributed by atoms with Crippen LogP contribution in [0.5, 0.6) is 17.2 Å². The van der Waals surface area contributed by atoms with Crippen molar-refractivity contribution in [3.8, 4) is 39.5 Å². The smallest absolute Gasteiger partial charge is 0.142 e. The first-order chi connectivity index (χ1) is 22.8. The van der Waals surface area contributed by atoms with Gasteiger partial charge in [0.15, 0.2) is 0 Å². The Balaban J connectivity index is 1.56. The number of benzene rings is 4. The lowest BCUT2D eigenvalue weighted by atomic mass is 9.81. The molecule has 5 rings (SSSR count). The van der Waals surface area contributed by atoms with Gasteiger partial charge >= 0.3 is 0 Å². The van der Waals surface area contributed by atoms with Crippen molar-refractivity contribution in [1.29, 1.82) is 0 Å². The molecule has 0 aliphatic heterocycles. The molecule has 0 fully saturated rings. The number of rotatable bonds is 18. The molecule has 1 aliphatic rings. The molecule has 0 amide bonds. The minimum Gasteiger partial charge on any atom is -0.507 e. The summed E-state index contributed by atoms with van der Waals surface area (Å²) in [6.45, 7) is 11.2. The Hall–Kier alpha value is -3.66. The van der Waals surface area contributed by atoms with E-state index in [2.05, 4.69) is 75.1 Å². The van der Waals surface area contributed by atoms with Gasteiger partial charge in [-0.3, -0.25) is 0 Å². The number of hydrogen-bond acceptors (Lipinski definition) is 4. The quantitative estimate of drug-likeness (QED) is 0.110. The monoisotopic (exact) mass is 635 g/mol. The molecule has 0 unspecified atom stereocenters. The third-order valence-corrected chi connectivity index (χ3v) is 10.4. The number of methoxy groups -OCH3 is 2. The van der Waals surface area contributed by atoms with Gasteiger partial charge in [0, 0.05) is 29.5 Å². The fourth-order valence-corrected chi connectivity index (χ4v) is 7.61. The molecule has 0 saturated heterocycles. The van der Waals surface area contributed by atoms with Crippen molar-refractivity contribution in [3.63, 3.8) is 0 Å². The first kappa shape index (κ1) is 34.7. The highest BCUT2D eigenvalue weighted by atomic mass is 16.5. The molecule has 47 heavy (non-hydrogen) atoms. The highest BCUT2D eigenvalue weighted by molar-refractivity contribution is 6.07. The van der Waals surface area contributed by atoms with Crippen LogP contribution in [0.2, 0.25) is 0 Å². The lowest BCUT2D eigenvalue weighted by Gasteiger charge is -2.28. The van der Waals surface area contributed by atoms with Gasteiger partial charge in [-0.2, -0.15) is 0 Å². The molecule has 0 bridgehead atoms. The third kappa shape index (κ3) is 7.42. The summed E-state index contributed by atoms with van der Waals surface area (Å²) in [6, 6.07) is 21.4. The number of phenols is 1. The van der Waals surface area contributed by atoms with Crippen LogP contribution in [0.25, 0.3) is 33.0 Å². The number of para-hydroxylation sites is 1. The average Bonchev–Trinajstić information content (AvgIpc) is 3.31. The summed E-state index contributed by atoms with van der Waals surface area (Å²) in [4.78, 5) is 2.57. The van der Waals surface area contributed by atoms with Crippen LogP contribution in [0, 0.1) is 0 Å². The van der Waals surface area contributed by atoms with Gasteiger partial charge < -0.3 is 19.5 Å². The number of phenolic OH excluding ortho intramolecular Hbond substituents is 1. The standard InChI is InChI=1S/C43H57NO3/c1-7-9-11-13-15-19-25-44(26-20-16-14-12-10-8-2)38-28-35-34(29-41(38)47-6)39(45)30-37-42(35)33-24-23-31(27-36(33)43(37,3)4)32-21-17-18-22-40(32)46-5/h17-18,21-24,27-30,45H,7-16,19-20,25-26H2,1-6H3. The Bertz CT molecular complexity index is 1620. The number of anilines is 1. The Kier molecular flexibility index (Phi) is 11.8. The van der Waals surface area contributed by atoms with Gasteiger partial charge in [0.05, 0.1) is 19.9 Å². The van der Waals surface area contributed by atoms with Gasteiger partial charge in [0.2, 0.25) is 0 Å². The maximum atomic E-state index is 11.5. The van der Waals surface area contributed by atoms with Crippen LogP contribution in [0.1, 0.15) is 116 Å². The van der Waals surface area contributed by atoms with Crippen molar-refractivity contribution in [2.45, 2.75) is 110 Å². The van der Waals surface area contributed by atoms with Crippen LogP contribution in [0.15, 0.2) is 60.7 Å². The molecule has 4 nitrogen and oxygen atoms in total. The summed E-state index contributed by atoms with van der Waals surface area (Å²) in [6.07, 6.45) is 15.3. The average molecular weight is 636 g/mol. The molecule has 4 aromatic rings. The highest BCUT2D eigenvalue weighted by Gasteiger charge is 2.38. The number of aromatic hydroxyl groups is 1. The van der Waals surface area contributed by atoms with Crippen LogP contribution < -0.4 is 14.4 Å². The van der Waals surface area contributed by atoms with Crippen LogP contribution in [-0.4, -0.2) is 32.4 Å². The molecule has 0 atom stereocenters. The lowest BCUT2D eigenvalue weighted by Crippen LogP contribution is -2.26. The molecule has 4 aromatic carbocycles. The van der Waals surface area contributed by atoms with Crippen LogP contribution in [0.3, 0.4) is 0 Å². The second-order valence-electron chi connectivity index (χ2n) is 14.0. The lowest BCUT2D eigenvalue weighted by molar-refractivity contribution is 0.414. The molecule has 1 N–H and O–H groups in total. The minimum atomic E-state index is -0.273. The van der Waals surface area contributed by atoms with Crippen LogP contribution >= 0.6 is 0 Å². The number of hydrogen-bond donors (Lipinski definition) is 1. The third-order valence-electron chi connectivity index (χ3n) is 10.4. The summed E-state index contributed by atoms with van der Waals surface area (Å²) >= 11 is 0. The highest BCUT2D eigenvalue weighted by Crippen LogP contribution is 2.55. The van der Waals surface area contributed by atoms with Crippen LogP contribution in [-0.2, 0) is 5.41 Å². The van der Waals surface area contributed by atoms with Gasteiger partial charge in [-0.05, 0) is 76.4 Å². The van der Waals surface area contributed by atoms with Gasteiger partial charge in [-0.25, -0.2) is 0 Å².